The monoisotopic (exact) mass is 266 g/mol. The van der Waals surface area contributed by atoms with Gasteiger partial charge in [0.15, 0.2) is 0 Å². The number of carbonyl (C=O) groups excluding carboxylic acids is 1. The summed E-state index contributed by atoms with van der Waals surface area (Å²) < 4.78 is 0. The summed E-state index contributed by atoms with van der Waals surface area (Å²) in [6, 6.07) is 7.66. The second-order valence-corrected chi connectivity index (χ2v) is 5.07. The number of anilines is 1. The van der Waals surface area contributed by atoms with Gasteiger partial charge in [-0.3, -0.25) is 0 Å². The van der Waals surface area contributed by atoms with Gasteiger partial charge in [-0.05, 0) is 37.8 Å². The molecule has 18 heavy (non-hydrogen) atoms. The highest BCUT2D eigenvalue weighted by Gasteiger charge is 2.25. The van der Waals surface area contributed by atoms with Crippen molar-refractivity contribution < 1.29 is 4.79 Å². The third kappa shape index (κ3) is 2.96. The zero-order valence-corrected chi connectivity index (χ0v) is 11.4. The third-order valence-corrected chi connectivity index (χ3v) is 3.80. The Morgan fingerprint density at radius 3 is 2.94 bits per heavy atom. The molecule has 1 fully saturated rings. The number of carbonyl (C=O) groups is 1. The van der Waals surface area contributed by atoms with Crippen molar-refractivity contribution in [3.8, 4) is 0 Å². The Labute approximate surface area is 113 Å². The van der Waals surface area contributed by atoms with Crippen molar-refractivity contribution in [3.05, 3.63) is 29.3 Å². The van der Waals surface area contributed by atoms with E-state index in [2.05, 4.69) is 12.2 Å². The van der Waals surface area contributed by atoms with Crippen LogP contribution in [-0.2, 0) is 0 Å². The fourth-order valence-electron chi connectivity index (χ4n) is 2.44. The smallest absolute Gasteiger partial charge is 0.322 e. The minimum Gasteiger partial charge on any atom is -0.322 e. The van der Waals surface area contributed by atoms with Crippen LogP contribution in [0.15, 0.2) is 24.3 Å². The first-order valence-corrected chi connectivity index (χ1v) is 6.92. The van der Waals surface area contributed by atoms with E-state index in [9.17, 15) is 4.79 Å². The van der Waals surface area contributed by atoms with Gasteiger partial charge in [0.1, 0.15) is 0 Å². The minimum absolute atomic E-state index is 0.0327. The largest absolute Gasteiger partial charge is 0.322 e. The molecule has 1 N–H and O–H groups in total. The Hall–Kier alpha value is -1.22. The first-order valence-electron chi connectivity index (χ1n) is 6.54. The predicted octanol–water partition coefficient (Wildman–Crippen LogP) is 4.14. The Balaban J connectivity index is 2.05. The van der Waals surface area contributed by atoms with E-state index in [0.29, 0.717) is 16.8 Å². The molecule has 2 amide bonds. The van der Waals surface area contributed by atoms with Crippen molar-refractivity contribution >= 4 is 23.3 Å². The highest BCUT2D eigenvalue weighted by Crippen LogP contribution is 2.24. The maximum Gasteiger partial charge on any atom is 0.322 e. The van der Waals surface area contributed by atoms with Gasteiger partial charge in [-0.25, -0.2) is 4.79 Å². The van der Waals surface area contributed by atoms with Crippen molar-refractivity contribution in [2.75, 3.05) is 11.9 Å². The molecular formula is C14H19ClN2O. The Morgan fingerprint density at radius 2 is 2.22 bits per heavy atom. The van der Waals surface area contributed by atoms with Crippen LogP contribution in [0.2, 0.25) is 5.02 Å². The second kappa shape index (κ2) is 6.10. The summed E-state index contributed by atoms with van der Waals surface area (Å²) in [6.45, 7) is 2.97. The summed E-state index contributed by atoms with van der Waals surface area (Å²) in [5.74, 6) is 0. The molecule has 1 aromatic rings. The number of nitrogens with one attached hydrogen (secondary N) is 1. The fraction of sp³-hybridized carbons (Fsp3) is 0.500. The van der Waals surface area contributed by atoms with E-state index in [-0.39, 0.29) is 6.03 Å². The molecule has 0 aliphatic carbocycles. The summed E-state index contributed by atoms with van der Waals surface area (Å²) in [6.07, 6.45) is 4.42. The van der Waals surface area contributed by atoms with Crippen molar-refractivity contribution in [2.24, 2.45) is 0 Å². The van der Waals surface area contributed by atoms with Crippen molar-refractivity contribution in [1.29, 1.82) is 0 Å². The number of amides is 2. The third-order valence-electron chi connectivity index (χ3n) is 3.47. The maximum absolute atomic E-state index is 12.2. The number of rotatable bonds is 2. The Bertz CT molecular complexity index is 422. The first-order chi connectivity index (χ1) is 8.72. The molecule has 3 nitrogen and oxygen atoms in total. The fourth-order valence-corrected chi connectivity index (χ4v) is 2.62. The lowest BCUT2D eigenvalue weighted by molar-refractivity contribution is 0.160. The number of hydrogen-bond acceptors (Lipinski definition) is 1. The Kier molecular flexibility index (Phi) is 4.48. The number of hydrogen-bond donors (Lipinski definition) is 1. The van der Waals surface area contributed by atoms with Crippen LogP contribution in [0.5, 0.6) is 0 Å². The van der Waals surface area contributed by atoms with Gasteiger partial charge in [0.25, 0.3) is 0 Å². The molecule has 1 aliphatic rings. The van der Waals surface area contributed by atoms with Crippen molar-refractivity contribution in [1.82, 2.24) is 4.90 Å². The van der Waals surface area contributed by atoms with Gasteiger partial charge in [-0.15, -0.1) is 0 Å². The van der Waals surface area contributed by atoms with E-state index < -0.39 is 0 Å². The van der Waals surface area contributed by atoms with Crippen LogP contribution in [0, 0.1) is 0 Å². The molecule has 1 saturated heterocycles. The van der Waals surface area contributed by atoms with Gasteiger partial charge in [0.05, 0.1) is 10.7 Å². The summed E-state index contributed by atoms with van der Waals surface area (Å²) >= 11 is 6.04. The summed E-state index contributed by atoms with van der Waals surface area (Å²) in [7, 11) is 0. The molecule has 0 bridgehead atoms. The van der Waals surface area contributed by atoms with Crippen molar-refractivity contribution in [3.63, 3.8) is 0 Å². The normalized spacial score (nSPS) is 19.7. The minimum atomic E-state index is -0.0327. The molecule has 0 radical (unpaired) electrons. The van der Waals surface area contributed by atoms with Gasteiger partial charge in [0, 0.05) is 12.6 Å². The van der Waals surface area contributed by atoms with E-state index in [1.165, 1.54) is 6.42 Å². The number of urea groups is 1. The maximum atomic E-state index is 12.2. The van der Waals surface area contributed by atoms with E-state index in [1.54, 1.807) is 6.07 Å². The zero-order chi connectivity index (χ0) is 13.0. The second-order valence-electron chi connectivity index (χ2n) is 4.66. The quantitative estimate of drug-likeness (QED) is 0.857. The first kappa shape index (κ1) is 13.2. The zero-order valence-electron chi connectivity index (χ0n) is 10.7. The molecule has 0 saturated carbocycles. The average molecular weight is 267 g/mol. The van der Waals surface area contributed by atoms with Gasteiger partial charge in [-0.1, -0.05) is 30.7 Å². The topological polar surface area (TPSA) is 32.3 Å². The number of halogens is 1. The van der Waals surface area contributed by atoms with Crippen LogP contribution in [0.25, 0.3) is 0 Å². The number of likely N-dealkylation sites (tertiary alicyclic amines) is 1. The lowest BCUT2D eigenvalue weighted by Crippen LogP contribution is -2.45. The lowest BCUT2D eigenvalue weighted by Gasteiger charge is -2.35. The summed E-state index contributed by atoms with van der Waals surface area (Å²) in [5.41, 5.74) is 0.685. The number of para-hydroxylation sites is 1. The SMILES string of the molecule is CC[C@@H]1CCCCN1C(=O)Nc1ccccc1Cl. The highest BCUT2D eigenvalue weighted by atomic mass is 35.5. The van der Waals surface area contributed by atoms with E-state index in [1.807, 2.05) is 23.1 Å². The predicted molar refractivity (Wildman–Crippen MR) is 75.1 cm³/mol. The molecule has 0 spiro atoms. The summed E-state index contributed by atoms with van der Waals surface area (Å²) in [4.78, 5) is 14.2. The molecule has 4 heteroatoms. The van der Waals surface area contributed by atoms with E-state index in [4.69, 9.17) is 11.6 Å². The van der Waals surface area contributed by atoms with E-state index in [0.717, 1.165) is 25.8 Å². The average Bonchev–Trinajstić information content (AvgIpc) is 2.41. The van der Waals surface area contributed by atoms with Gasteiger partial charge < -0.3 is 10.2 Å². The molecule has 1 heterocycles. The van der Waals surface area contributed by atoms with Crippen molar-refractivity contribution in [2.45, 2.75) is 38.6 Å². The lowest BCUT2D eigenvalue weighted by atomic mass is 10.0. The molecule has 1 aliphatic heterocycles. The van der Waals surface area contributed by atoms with Gasteiger partial charge in [0.2, 0.25) is 0 Å². The van der Waals surface area contributed by atoms with Gasteiger partial charge in [-0.2, -0.15) is 0 Å². The molecule has 0 unspecified atom stereocenters. The van der Waals surface area contributed by atoms with Crippen LogP contribution in [0.1, 0.15) is 32.6 Å². The van der Waals surface area contributed by atoms with Crippen LogP contribution in [0.3, 0.4) is 0 Å². The van der Waals surface area contributed by atoms with Crippen LogP contribution < -0.4 is 5.32 Å². The molecule has 0 aromatic heterocycles. The molecule has 98 valence electrons. The van der Waals surface area contributed by atoms with Crippen LogP contribution in [0.4, 0.5) is 10.5 Å². The standard InChI is InChI=1S/C14H19ClN2O/c1-2-11-7-5-6-10-17(11)14(18)16-13-9-4-3-8-12(13)15/h3-4,8-9,11H,2,5-7,10H2,1H3,(H,16,18)/t11-/m1/s1. The highest BCUT2D eigenvalue weighted by molar-refractivity contribution is 6.33. The van der Waals surface area contributed by atoms with E-state index >= 15 is 0 Å². The number of benzene rings is 1. The van der Waals surface area contributed by atoms with Crippen LogP contribution in [-0.4, -0.2) is 23.5 Å². The number of nitrogens with zero attached hydrogens (tertiary/aromatic N) is 1. The molecular weight excluding hydrogens is 248 g/mol. The summed E-state index contributed by atoms with van der Waals surface area (Å²) in [5, 5.41) is 3.48. The molecule has 1 atom stereocenters. The Morgan fingerprint density at radius 1 is 1.44 bits per heavy atom. The molecule has 1 aromatic carbocycles. The molecule has 2 rings (SSSR count). The van der Waals surface area contributed by atoms with Crippen LogP contribution >= 0.6 is 11.6 Å². The van der Waals surface area contributed by atoms with Gasteiger partial charge >= 0.3 is 6.03 Å². The number of piperidine rings is 1.